The first-order chi connectivity index (χ1) is 0. The predicted molar refractivity (Wildman–Crippen MR) is 31.4 cm³/mol. The van der Waals surface area contributed by atoms with Gasteiger partial charge in [-0.2, -0.15) is 0 Å². The van der Waals surface area contributed by atoms with E-state index in [4.69, 9.17) is 0 Å². The number of hydrogen-bond donors (Lipinski definition) is 0. The van der Waals surface area contributed by atoms with E-state index in [0.29, 0.717) is 0 Å². The van der Waals surface area contributed by atoms with E-state index in [9.17, 15) is 0 Å². The Morgan fingerprint density at radius 2 is 0.500 bits per heavy atom. The Morgan fingerprint density at radius 3 is 0.500 bits per heavy atom. The minimum absolute atomic E-state index is 0. The Kier molecular flexibility index (Phi) is 89.8. The molecule has 0 aromatic heterocycles. The van der Waals surface area contributed by atoms with Gasteiger partial charge in [0, 0.05) is 0 Å². The average molecular weight is 332 g/mol. The van der Waals surface area contributed by atoms with Crippen molar-refractivity contribution in [3.05, 3.63) is 0 Å². The van der Waals surface area contributed by atoms with Crippen molar-refractivity contribution >= 4 is 180 Å². The second-order valence-corrected chi connectivity index (χ2v) is 0. The fraction of sp³-hybridized carbons (Fsp3) is 0. The summed E-state index contributed by atoms with van der Waals surface area (Å²) in [6.07, 6.45) is 0. The fourth-order valence-electron chi connectivity index (χ4n) is 0. The zero-order valence-electron chi connectivity index (χ0n) is 0.707. The molecular formula is H6BiK3. The summed E-state index contributed by atoms with van der Waals surface area (Å²) in [7, 11) is 0. The van der Waals surface area contributed by atoms with Crippen LogP contribution in [0.1, 0.15) is 0 Å². The van der Waals surface area contributed by atoms with Gasteiger partial charge in [0.25, 0.3) is 0 Å². The van der Waals surface area contributed by atoms with Gasteiger partial charge in [-0.25, -0.2) is 0 Å². The van der Waals surface area contributed by atoms with Crippen molar-refractivity contribution in [1.82, 2.24) is 0 Å². The molecule has 0 heterocycles. The summed E-state index contributed by atoms with van der Waals surface area (Å²) in [5.41, 5.74) is 0. The summed E-state index contributed by atoms with van der Waals surface area (Å²) in [4.78, 5) is 0. The molecule has 14 valence electrons. The molecule has 0 nitrogen and oxygen atoms in total. The first-order valence-electron chi connectivity index (χ1n) is 0. The van der Waals surface area contributed by atoms with Crippen LogP contribution in [0, 0.1) is 0 Å². The van der Waals surface area contributed by atoms with Crippen LogP contribution in [0.25, 0.3) is 0 Å². The van der Waals surface area contributed by atoms with Crippen molar-refractivity contribution in [2.24, 2.45) is 0 Å². The molecule has 0 radical (unpaired) electrons. The Hall–Kier alpha value is 5.79. The third kappa shape index (κ3) is 10.7. The van der Waals surface area contributed by atoms with Gasteiger partial charge in [0.1, 0.15) is 0 Å². The number of rotatable bonds is 0. The molecule has 0 spiro atoms. The van der Waals surface area contributed by atoms with E-state index in [1.165, 1.54) is 0 Å². The van der Waals surface area contributed by atoms with Gasteiger partial charge in [0.05, 0.1) is 0 Å². The molecular weight excluding hydrogens is 326 g/mol. The third-order valence-corrected chi connectivity index (χ3v) is 0. The molecule has 0 atom stereocenters. The first kappa shape index (κ1) is 22.6. The van der Waals surface area contributed by atoms with Crippen LogP contribution in [0.5, 0.6) is 0 Å². The quantitative estimate of drug-likeness (QED) is 0.412. The molecule has 0 saturated carbocycles. The second-order valence-electron chi connectivity index (χ2n) is 0. The molecule has 0 rings (SSSR count). The van der Waals surface area contributed by atoms with Crippen LogP contribution in [0.15, 0.2) is 0 Å². The molecule has 4 heavy (non-hydrogen) atoms. The Bertz CT molecular complexity index is 3.25. The topological polar surface area (TPSA) is 0 Å². The Morgan fingerprint density at radius 1 is 0.500 bits per heavy atom. The summed E-state index contributed by atoms with van der Waals surface area (Å²) in [6, 6.07) is 0. The molecule has 0 unspecified atom stereocenters. The SMILES string of the molecule is [BiH3].[KH].[KH].[KH]. The molecule has 0 aromatic rings. The van der Waals surface area contributed by atoms with Crippen LogP contribution in [-0.4, -0.2) is 180 Å². The summed E-state index contributed by atoms with van der Waals surface area (Å²) < 4.78 is 0. The van der Waals surface area contributed by atoms with E-state index in [-0.39, 0.29) is 180 Å². The van der Waals surface area contributed by atoms with Gasteiger partial charge in [-0.1, -0.05) is 0 Å². The summed E-state index contributed by atoms with van der Waals surface area (Å²) >= 11 is 0. The van der Waals surface area contributed by atoms with Gasteiger partial charge in [-0.05, 0) is 0 Å². The van der Waals surface area contributed by atoms with Gasteiger partial charge in [-0.15, -0.1) is 0 Å². The molecule has 4 heteroatoms. The standard InChI is InChI=1S/Bi.3K.6H. The van der Waals surface area contributed by atoms with Crippen LogP contribution >= 0.6 is 0 Å². The molecule has 0 aliphatic rings. The van der Waals surface area contributed by atoms with Gasteiger partial charge < -0.3 is 0 Å². The maximum atomic E-state index is 0. The second kappa shape index (κ2) is 15.9. The van der Waals surface area contributed by atoms with E-state index in [1.807, 2.05) is 0 Å². The fourth-order valence-corrected chi connectivity index (χ4v) is 0. The summed E-state index contributed by atoms with van der Waals surface area (Å²) in [5, 5.41) is 0. The van der Waals surface area contributed by atoms with Crippen molar-refractivity contribution in [2.45, 2.75) is 0 Å². The molecule has 0 amide bonds. The van der Waals surface area contributed by atoms with Crippen LogP contribution in [0.4, 0.5) is 0 Å². The zero-order chi connectivity index (χ0) is 0. The molecule has 0 saturated heterocycles. The van der Waals surface area contributed by atoms with E-state index in [1.54, 1.807) is 0 Å². The summed E-state index contributed by atoms with van der Waals surface area (Å²) in [6.45, 7) is 0. The molecule has 0 aliphatic carbocycles. The van der Waals surface area contributed by atoms with E-state index in [2.05, 4.69) is 0 Å². The van der Waals surface area contributed by atoms with Crippen molar-refractivity contribution < 1.29 is 0 Å². The predicted octanol–water partition coefficient (Wildman–Crippen LogP) is -3.13. The van der Waals surface area contributed by atoms with E-state index in [0.717, 1.165) is 0 Å². The molecule has 0 bridgehead atoms. The van der Waals surface area contributed by atoms with E-state index < -0.39 is 0 Å². The van der Waals surface area contributed by atoms with Crippen molar-refractivity contribution in [2.75, 3.05) is 0 Å². The molecule has 0 aliphatic heterocycles. The number of hydrogen-bond acceptors (Lipinski definition) is 0. The third-order valence-electron chi connectivity index (χ3n) is 0. The minimum atomic E-state index is 0. The van der Waals surface area contributed by atoms with Crippen LogP contribution in [0.3, 0.4) is 0 Å². The monoisotopic (exact) mass is 332 g/mol. The van der Waals surface area contributed by atoms with Gasteiger partial charge in [0.2, 0.25) is 0 Å². The van der Waals surface area contributed by atoms with Crippen LogP contribution < -0.4 is 0 Å². The van der Waals surface area contributed by atoms with Crippen molar-refractivity contribution in [1.29, 1.82) is 0 Å². The van der Waals surface area contributed by atoms with Crippen molar-refractivity contribution in [3.63, 3.8) is 0 Å². The Balaban J connectivity index is 0. The van der Waals surface area contributed by atoms with E-state index >= 15 is 0 Å². The van der Waals surface area contributed by atoms with Crippen LogP contribution in [-0.2, 0) is 0 Å². The molecule has 0 fully saturated rings. The van der Waals surface area contributed by atoms with Crippen LogP contribution in [0.2, 0.25) is 0 Å². The van der Waals surface area contributed by atoms with Crippen molar-refractivity contribution in [3.8, 4) is 0 Å². The Labute approximate surface area is 173 Å². The maximum absolute atomic E-state index is 0. The summed E-state index contributed by atoms with van der Waals surface area (Å²) in [5.74, 6) is 0. The zero-order valence-corrected chi connectivity index (χ0v) is 6.20. The van der Waals surface area contributed by atoms with Gasteiger partial charge in [-0.3, -0.25) is 0 Å². The molecule has 0 N–H and O–H groups in total. The first-order valence-corrected chi connectivity index (χ1v) is 0. The van der Waals surface area contributed by atoms with Gasteiger partial charge >= 0.3 is 180 Å². The molecule has 0 aromatic carbocycles. The normalized spacial score (nSPS) is 0. The van der Waals surface area contributed by atoms with Gasteiger partial charge in [0.15, 0.2) is 0 Å². The average Bonchev–Trinajstić information content (AvgIpc) is 0.